The summed E-state index contributed by atoms with van der Waals surface area (Å²) in [7, 11) is 0. The van der Waals surface area contributed by atoms with E-state index in [4.69, 9.17) is 5.11 Å². The van der Waals surface area contributed by atoms with E-state index >= 15 is 0 Å². The molecule has 1 atom stereocenters. The fraction of sp³-hybridized carbons (Fsp3) is 0.467. The van der Waals surface area contributed by atoms with Gasteiger partial charge in [-0.05, 0) is 18.9 Å². The predicted molar refractivity (Wildman–Crippen MR) is 77.1 cm³/mol. The minimum Gasteiger partial charge on any atom is -0.393 e. The van der Waals surface area contributed by atoms with E-state index in [1.807, 2.05) is 30.3 Å². The zero-order valence-corrected chi connectivity index (χ0v) is 11.8. The highest BCUT2D eigenvalue weighted by atomic mass is 16.3. The molecule has 5 heteroatoms. The molecule has 0 saturated carbocycles. The molecule has 0 aliphatic rings. The number of benzene rings is 1. The van der Waals surface area contributed by atoms with E-state index in [0.29, 0.717) is 25.9 Å². The van der Waals surface area contributed by atoms with Crippen molar-refractivity contribution < 1.29 is 14.7 Å². The van der Waals surface area contributed by atoms with Gasteiger partial charge >= 0.3 is 0 Å². The first-order valence-corrected chi connectivity index (χ1v) is 6.83. The quantitative estimate of drug-likeness (QED) is 0.652. The first-order chi connectivity index (χ1) is 9.58. The SMILES string of the molecule is CC(O)CCNC(=O)CCNC(=O)Cc1ccccc1. The molecule has 0 heterocycles. The third-order valence-electron chi connectivity index (χ3n) is 2.77. The summed E-state index contributed by atoms with van der Waals surface area (Å²) in [5.74, 6) is -0.210. The van der Waals surface area contributed by atoms with Gasteiger partial charge in [0.05, 0.1) is 12.5 Å². The molecule has 110 valence electrons. The summed E-state index contributed by atoms with van der Waals surface area (Å²) in [5, 5.41) is 14.4. The number of aliphatic hydroxyl groups excluding tert-OH is 1. The fourth-order valence-corrected chi connectivity index (χ4v) is 1.67. The number of carbonyl (C=O) groups excluding carboxylic acids is 2. The van der Waals surface area contributed by atoms with Crippen LogP contribution in [0.4, 0.5) is 0 Å². The van der Waals surface area contributed by atoms with Crippen LogP contribution in [-0.4, -0.2) is 36.1 Å². The lowest BCUT2D eigenvalue weighted by molar-refractivity contribution is -0.122. The molecule has 0 aliphatic carbocycles. The Morgan fingerprint density at radius 2 is 1.75 bits per heavy atom. The van der Waals surface area contributed by atoms with Crippen molar-refractivity contribution in [3.05, 3.63) is 35.9 Å². The van der Waals surface area contributed by atoms with Crippen LogP contribution in [0.5, 0.6) is 0 Å². The van der Waals surface area contributed by atoms with Crippen LogP contribution in [0.2, 0.25) is 0 Å². The van der Waals surface area contributed by atoms with E-state index in [9.17, 15) is 9.59 Å². The molecule has 1 aromatic carbocycles. The van der Waals surface area contributed by atoms with Crippen molar-refractivity contribution in [2.24, 2.45) is 0 Å². The van der Waals surface area contributed by atoms with Gasteiger partial charge in [-0.25, -0.2) is 0 Å². The van der Waals surface area contributed by atoms with Crippen LogP contribution >= 0.6 is 0 Å². The van der Waals surface area contributed by atoms with Gasteiger partial charge in [0, 0.05) is 19.5 Å². The molecule has 5 nitrogen and oxygen atoms in total. The van der Waals surface area contributed by atoms with Gasteiger partial charge in [-0.3, -0.25) is 9.59 Å². The topological polar surface area (TPSA) is 78.4 Å². The van der Waals surface area contributed by atoms with Gasteiger partial charge in [0.1, 0.15) is 0 Å². The average molecular weight is 278 g/mol. The molecule has 1 aromatic rings. The molecule has 0 aromatic heterocycles. The van der Waals surface area contributed by atoms with Gasteiger partial charge in [0.2, 0.25) is 11.8 Å². The number of carbonyl (C=O) groups is 2. The molecule has 1 unspecified atom stereocenters. The summed E-state index contributed by atoms with van der Waals surface area (Å²) < 4.78 is 0. The van der Waals surface area contributed by atoms with Crippen LogP contribution in [-0.2, 0) is 16.0 Å². The normalized spacial score (nSPS) is 11.7. The fourth-order valence-electron chi connectivity index (χ4n) is 1.67. The van der Waals surface area contributed by atoms with Crippen LogP contribution in [0.25, 0.3) is 0 Å². The van der Waals surface area contributed by atoms with Crippen molar-refractivity contribution >= 4 is 11.8 Å². The maximum absolute atomic E-state index is 11.6. The molecule has 2 amide bonds. The Hall–Kier alpha value is -1.88. The van der Waals surface area contributed by atoms with Crippen LogP contribution in [0.3, 0.4) is 0 Å². The number of rotatable bonds is 8. The molecule has 0 spiro atoms. The van der Waals surface area contributed by atoms with Crippen molar-refractivity contribution in [2.75, 3.05) is 13.1 Å². The summed E-state index contributed by atoms with van der Waals surface area (Å²) in [6, 6.07) is 9.46. The number of aliphatic hydroxyl groups is 1. The van der Waals surface area contributed by atoms with Crippen molar-refractivity contribution in [1.29, 1.82) is 0 Å². The highest BCUT2D eigenvalue weighted by Crippen LogP contribution is 1.99. The Labute approximate surface area is 119 Å². The molecule has 0 radical (unpaired) electrons. The van der Waals surface area contributed by atoms with Crippen LogP contribution in [0, 0.1) is 0 Å². The number of hydrogen-bond acceptors (Lipinski definition) is 3. The van der Waals surface area contributed by atoms with Gasteiger partial charge in [-0.2, -0.15) is 0 Å². The van der Waals surface area contributed by atoms with E-state index in [2.05, 4.69) is 10.6 Å². The molecular weight excluding hydrogens is 256 g/mol. The molecule has 1 rings (SSSR count). The molecule has 0 aliphatic heterocycles. The Kier molecular flexibility index (Phi) is 7.35. The van der Waals surface area contributed by atoms with Crippen LogP contribution < -0.4 is 10.6 Å². The van der Waals surface area contributed by atoms with Crippen LogP contribution in [0.15, 0.2) is 30.3 Å². The Bertz CT molecular complexity index is 418. The highest BCUT2D eigenvalue weighted by Gasteiger charge is 2.05. The lowest BCUT2D eigenvalue weighted by Gasteiger charge is -2.08. The molecular formula is C15H22N2O3. The largest absolute Gasteiger partial charge is 0.393 e. The Morgan fingerprint density at radius 3 is 2.40 bits per heavy atom. The van der Waals surface area contributed by atoms with E-state index in [0.717, 1.165) is 5.56 Å². The summed E-state index contributed by atoms with van der Waals surface area (Å²) in [5.41, 5.74) is 0.950. The highest BCUT2D eigenvalue weighted by molar-refractivity contribution is 5.80. The summed E-state index contributed by atoms with van der Waals surface area (Å²) >= 11 is 0. The van der Waals surface area contributed by atoms with Crippen LogP contribution in [0.1, 0.15) is 25.3 Å². The third-order valence-corrected chi connectivity index (χ3v) is 2.77. The van der Waals surface area contributed by atoms with Gasteiger partial charge in [-0.1, -0.05) is 30.3 Å². The first kappa shape index (κ1) is 16.2. The lowest BCUT2D eigenvalue weighted by Crippen LogP contribution is -2.32. The predicted octanol–water partition coefficient (Wildman–Crippen LogP) is 0.623. The second kappa shape index (κ2) is 9.09. The number of amides is 2. The number of nitrogens with one attached hydrogen (secondary N) is 2. The zero-order valence-electron chi connectivity index (χ0n) is 11.8. The minimum atomic E-state index is -0.416. The minimum absolute atomic E-state index is 0.0898. The second-order valence-corrected chi connectivity index (χ2v) is 4.75. The molecule has 20 heavy (non-hydrogen) atoms. The average Bonchev–Trinajstić information content (AvgIpc) is 2.39. The monoisotopic (exact) mass is 278 g/mol. The standard InChI is InChI=1S/C15H22N2O3/c1-12(18)7-9-16-14(19)8-10-17-15(20)11-13-5-3-2-4-6-13/h2-6,12,18H,7-11H2,1H3,(H,16,19)(H,17,20). The van der Waals surface area contributed by atoms with Crippen molar-refractivity contribution in [1.82, 2.24) is 10.6 Å². The van der Waals surface area contributed by atoms with Gasteiger partial charge < -0.3 is 15.7 Å². The lowest BCUT2D eigenvalue weighted by atomic mass is 10.1. The van der Waals surface area contributed by atoms with E-state index in [-0.39, 0.29) is 18.2 Å². The van der Waals surface area contributed by atoms with Gasteiger partial charge in [0.25, 0.3) is 0 Å². The summed E-state index contributed by atoms with van der Waals surface area (Å²) in [6.45, 7) is 2.45. The van der Waals surface area contributed by atoms with Crippen molar-refractivity contribution in [2.45, 2.75) is 32.3 Å². The zero-order chi connectivity index (χ0) is 14.8. The van der Waals surface area contributed by atoms with Gasteiger partial charge in [0.15, 0.2) is 0 Å². The molecule has 3 N–H and O–H groups in total. The third kappa shape index (κ3) is 7.53. The van der Waals surface area contributed by atoms with E-state index < -0.39 is 6.10 Å². The molecule has 0 bridgehead atoms. The smallest absolute Gasteiger partial charge is 0.224 e. The number of hydrogen-bond donors (Lipinski definition) is 3. The van der Waals surface area contributed by atoms with E-state index in [1.165, 1.54) is 0 Å². The summed E-state index contributed by atoms with van der Waals surface area (Å²) in [4.78, 5) is 23.0. The van der Waals surface area contributed by atoms with Gasteiger partial charge in [-0.15, -0.1) is 0 Å². The Morgan fingerprint density at radius 1 is 1.10 bits per heavy atom. The Balaban J connectivity index is 2.11. The van der Waals surface area contributed by atoms with Crippen molar-refractivity contribution in [3.8, 4) is 0 Å². The first-order valence-electron chi connectivity index (χ1n) is 6.83. The molecule has 0 fully saturated rings. The molecule has 0 saturated heterocycles. The van der Waals surface area contributed by atoms with Crippen molar-refractivity contribution in [3.63, 3.8) is 0 Å². The van der Waals surface area contributed by atoms with E-state index in [1.54, 1.807) is 6.92 Å². The maximum atomic E-state index is 11.6. The summed E-state index contributed by atoms with van der Waals surface area (Å²) in [6.07, 6.45) is 0.692. The second-order valence-electron chi connectivity index (χ2n) is 4.75. The maximum Gasteiger partial charge on any atom is 0.224 e.